The topological polar surface area (TPSA) is 29.1 Å². The fourth-order valence-electron chi connectivity index (χ4n) is 3.46. The Bertz CT molecular complexity index is 855. The number of fused-ring (bicyclic) bond motifs is 3. The van der Waals surface area contributed by atoms with E-state index in [1.54, 1.807) is 22.2 Å². The molecule has 1 atom stereocenters. The van der Waals surface area contributed by atoms with Crippen molar-refractivity contribution >= 4 is 46.7 Å². The molecule has 1 N–H and O–H groups in total. The first-order valence-corrected chi connectivity index (χ1v) is 10.8. The third-order valence-corrected chi connectivity index (χ3v) is 7.57. The first-order chi connectivity index (χ1) is 12.1. The maximum atomic E-state index is 12.5. The van der Waals surface area contributed by atoms with Gasteiger partial charge in [-0.15, -0.1) is 23.1 Å². The highest BCUT2D eigenvalue weighted by Crippen LogP contribution is 2.43. The fraction of sp³-hybridized carbons (Fsp3) is 0.350. The molecule has 0 spiro atoms. The summed E-state index contributed by atoms with van der Waals surface area (Å²) in [5.41, 5.74) is 3.98. The predicted octanol–water partition coefficient (Wildman–Crippen LogP) is 5.43. The van der Waals surface area contributed by atoms with Gasteiger partial charge in [0.25, 0.3) is 5.91 Å². The van der Waals surface area contributed by atoms with E-state index in [4.69, 9.17) is 11.6 Å². The van der Waals surface area contributed by atoms with E-state index < -0.39 is 0 Å². The number of rotatable bonds is 3. The lowest BCUT2D eigenvalue weighted by Crippen LogP contribution is -2.24. The van der Waals surface area contributed by atoms with Gasteiger partial charge in [-0.2, -0.15) is 0 Å². The summed E-state index contributed by atoms with van der Waals surface area (Å²) in [5, 5.41) is 3.69. The summed E-state index contributed by atoms with van der Waals surface area (Å²) in [6.07, 6.45) is 5.76. The van der Waals surface area contributed by atoms with E-state index >= 15 is 0 Å². The molecule has 2 aliphatic rings. The van der Waals surface area contributed by atoms with Gasteiger partial charge in [0.2, 0.25) is 0 Å². The summed E-state index contributed by atoms with van der Waals surface area (Å²) in [5.74, 6) is 1.69. The Hall–Kier alpha value is -1.23. The minimum absolute atomic E-state index is 0.00434. The van der Waals surface area contributed by atoms with Crippen molar-refractivity contribution in [2.24, 2.45) is 5.92 Å². The lowest BCUT2D eigenvalue weighted by atomic mass is 9.88. The second kappa shape index (κ2) is 7.18. The van der Waals surface area contributed by atoms with Crippen molar-refractivity contribution < 1.29 is 4.79 Å². The molecule has 2 nitrogen and oxygen atoms in total. The third kappa shape index (κ3) is 3.53. The summed E-state index contributed by atoms with van der Waals surface area (Å²) in [7, 11) is 0. The Labute approximate surface area is 161 Å². The molecule has 5 heteroatoms. The number of thioether (sulfide) groups is 1. The summed E-state index contributed by atoms with van der Waals surface area (Å²) >= 11 is 9.70. The zero-order valence-electron chi connectivity index (χ0n) is 14.1. The van der Waals surface area contributed by atoms with Gasteiger partial charge in [-0.05, 0) is 54.0 Å². The molecule has 1 aliphatic heterocycles. The van der Waals surface area contributed by atoms with Crippen LogP contribution in [0, 0.1) is 5.92 Å². The van der Waals surface area contributed by atoms with Crippen LogP contribution in [0.3, 0.4) is 0 Å². The molecule has 1 aromatic carbocycles. The van der Waals surface area contributed by atoms with Crippen molar-refractivity contribution in [3.8, 4) is 0 Å². The smallest absolute Gasteiger partial charge is 0.258 e. The number of hydrogen-bond donors (Lipinski definition) is 1. The largest absolute Gasteiger partial charge is 0.347 e. The van der Waals surface area contributed by atoms with E-state index in [9.17, 15) is 4.79 Å². The van der Waals surface area contributed by atoms with Crippen molar-refractivity contribution in [2.45, 2.75) is 38.5 Å². The molecule has 1 aromatic heterocycles. The van der Waals surface area contributed by atoms with Crippen LogP contribution < -0.4 is 5.32 Å². The molecule has 1 amide bonds. The highest BCUT2D eigenvalue weighted by Gasteiger charge is 2.26. The monoisotopic (exact) mass is 389 g/mol. The van der Waals surface area contributed by atoms with Gasteiger partial charge in [0.1, 0.15) is 0 Å². The quantitative estimate of drug-likeness (QED) is 0.758. The summed E-state index contributed by atoms with van der Waals surface area (Å²) in [6.45, 7) is 2.79. The van der Waals surface area contributed by atoms with Crippen molar-refractivity contribution in [2.75, 3.05) is 0 Å². The van der Waals surface area contributed by atoms with E-state index in [0.717, 1.165) is 22.1 Å². The Balaban J connectivity index is 1.49. The Morgan fingerprint density at radius 2 is 2.16 bits per heavy atom. The maximum Gasteiger partial charge on any atom is 0.258 e. The van der Waals surface area contributed by atoms with E-state index in [-0.39, 0.29) is 5.91 Å². The minimum atomic E-state index is -0.00434. The second-order valence-corrected chi connectivity index (χ2v) is 9.33. The Kier molecular flexibility index (Phi) is 4.94. The van der Waals surface area contributed by atoms with E-state index in [2.05, 4.69) is 18.3 Å². The third-order valence-electron chi connectivity index (χ3n) is 4.91. The van der Waals surface area contributed by atoms with Crippen LogP contribution in [0.4, 0.5) is 0 Å². The van der Waals surface area contributed by atoms with Gasteiger partial charge in [0, 0.05) is 27.1 Å². The van der Waals surface area contributed by atoms with Crippen LogP contribution in [0.15, 0.2) is 29.2 Å². The van der Waals surface area contributed by atoms with Gasteiger partial charge in [-0.1, -0.05) is 36.7 Å². The highest BCUT2D eigenvalue weighted by atomic mass is 35.5. The van der Waals surface area contributed by atoms with Crippen LogP contribution in [0.2, 0.25) is 5.02 Å². The molecule has 0 saturated carbocycles. The van der Waals surface area contributed by atoms with Crippen molar-refractivity contribution in [1.29, 1.82) is 0 Å². The van der Waals surface area contributed by atoms with Gasteiger partial charge in [0.05, 0.1) is 4.91 Å². The van der Waals surface area contributed by atoms with E-state index in [1.807, 2.05) is 35.6 Å². The standard InChI is InChI=1S/C20H20ClNOS2/c1-12-6-7-14-15-11-24-19(9-18(15)25-17(14)8-12)20(23)22-10-13-4-2-3-5-16(13)21/h2-5,9,12H,6-8,10-11H2,1H3,(H,22,23)/t12-/m1/s1. The van der Waals surface area contributed by atoms with Crippen LogP contribution in [0.5, 0.6) is 0 Å². The SMILES string of the molecule is C[C@@H]1CCc2c(sc3c2CSC(C(=O)NCc2ccccc2Cl)=C3)C1. The zero-order chi connectivity index (χ0) is 17.4. The number of thiophene rings is 1. The number of benzene rings is 1. The van der Waals surface area contributed by atoms with Gasteiger partial charge in [0.15, 0.2) is 0 Å². The van der Waals surface area contributed by atoms with Crippen LogP contribution in [0.25, 0.3) is 6.08 Å². The first-order valence-electron chi connectivity index (χ1n) is 8.61. The number of amides is 1. The van der Waals surface area contributed by atoms with Gasteiger partial charge in [-0.3, -0.25) is 4.79 Å². The molecule has 4 rings (SSSR count). The van der Waals surface area contributed by atoms with E-state index in [1.165, 1.54) is 29.7 Å². The Morgan fingerprint density at radius 3 is 3.00 bits per heavy atom. The molecule has 130 valence electrons. The van der Waals surface area contributed by atoms with Crippen molar-refractivity contribution in [3.63, 3.8) is 0 Å². The summed E-state index contributed by atoms with van der Waals surface area (Å²) in [6, 6.07) is 7.62. The molecule has 0 bridgehead atoms. The zero-order valence-corrected chi connectivity index (χ0v) is 16.5. The van der Waals surface area contributed by atoms with Crippen LogP contribution in [-0.4, -0.2) is 5.91 Å². The maximum absolute atomic E-state index is 12.5. The fourth-order valence-corrected chi connectivity index (χ4v) is 6.34. The molecular formula is C20H20ClNOS2. The molecule has 0 saturated heterocycles. The van der Waals surface area contributed by atoms with Gasteiger partial charge < -0.3 is 5.32 Å². The normalized spacial score (nSPS) is 19.0. The summed E-state index contributed by atoms with van der Waals surface area (Å²) in [4.78, 5) is 16.2. The lowest BCUT2D eigenvalue weighted by Gasteiger charge is -2.20. The average Bonchev–Trinajstić information content (AvgIpc) is 2.97. The minimum Gasteiger partial charge on any atom is -0.347 e. The van der Waals surface area contributed by atoms with Crippen LogP contribution >= 0.6 is 34.7 Å². The lowest BCUT2D eigenvalue weighted by molar-refractivity contribution is -0.116. The van der Waals surface area contributed by atoms with Crippen LogP contribution in [0.1, 0.15) is 39.8 Å². The van der Waals surface area contributed by atoms with Crippen molar-refractivity contribution in [3.05, 3.63) is 60.6 Å². The second-order valence-electron chi connectivity index (χ2n) is 6.77. The molecule has 0 fully saturated rings. The molecular weight excluding hydrogens is 370 g/mol. The predicted molar refractivity (Wildman–Crippen MR) is 108 cm³/mol. The molecule has 0 unspecified atom stereocenters. The number of carbonyl (C=O) groups is 1. The van der Waals surface area contributed by atoms with Gasteiger partial charge >= 0.3 is 0 Å². The molecule has 0 radical (unpaired) electrons. The number of carbonyl (C=O) groups excluding carboxylic acids is 1. The molecule has 25 heavy (non-hydrogen) atoms. The van der Waals surface area contributed by atoms with Crippen molar-refractivity contribution in [1.82, 2.24) is 5.32 Å². The van der Waals surface area contributed by atoms with E-state index in [0.29, 0.717) is 11.6 Å². The average molecular weight is 390 g/mol. The summed E-state index contributed by atoms with van der Waals surface area (Å²) < 4.78 is 0. The molecule has 2 heterocycles. The first kappa shape index (κ1) is 17.2. The van der Waals surface area contributed by atoms with Crippen LogP contribution in [-0.2, 0) is 29.9 Å². The molecule has 2 aromatic rings. The Morgan fingerprint density at radius 1 is 1.32 bits per heavy atom. The highest BCUT2D eigenvalue weighted by molar-refractivity contribution is 8.03. The van der Waals surface area contributed by atoms with Gasteiger partial charge in [-0.25, -0.2) is 0 Å². The molecule has 1 aliphatic carbocycles. The number of halogens is 1. The number of nitrogens with one attached hydrogen (secondary N) is 1. The number of hydrogen-bond acceptors (Lipinski definition) is 3.